The van der Waals surface area contributed by atoms with Crippen LogP contribution in [0.25, 0.3) is 11.0 Å². The van der Waals surface area contributed by atoms with Gasteiger partial charge in [-0.25, -0.2) is 0 Å². The van der Waals surface area contributed by atoms with Crippen molar-refractivity contribution in [2.75, 3.05) is 0 Å². The molecule has 0 spiro atoms. The highest BCUT2D eigenvalue weighted by molar-refractivity contribution is 7.60. The molecule has 1 heterocycles. The topological polar surface area (TPSA) is 71.1 Å². The van der Waals surface area contributed by atoms with E-state index in [1.54, 1.807) is 0 Å². The van der Waals surface area contributed by atoms with Gasteiger partial charge in [0.05, 0.1) is 0 Å². The van der Waals surface area contributed by atoms with Crippen LogP contribution in [0.15, 0.2) is 22.6 Å². The van der Waals surface area contributed by atoms with Gasteiger partial charge < -0.3 is 4.42 Å². The van der Waals surface area contributed by atoms with Crippen LogP contribution in [0.5, 0.6) is 0 Å². The van der Waals surface area contributed by atoms with Gasteiger partial charge in [0.15, 0.2) is 0 Å². The van der Waals surface area contributed by atoms with Crippen LogP contribution in [-0.2, 0) is 10.5 Å². The smallest absolute Gasteiger partial charge is 0.308 e. The molecule has 2 aromatic rings. The number of rotatable bonds is 0. The van der Waals surface area contributed by atoms with E-state index in [4.69, 9.17) is 17.6 Å². The molecule has 16 heavy (non-hydrogen) atoms. The van der Waals surface area contributed by atoms with Crippen molar-refractivity contribution >= 4 is 21.5 Å². The summed E-state index contributed by atoms with van der Waals surface area (Å²) >= 11 is 0. The first kappa shape index (κ1) is 12.4. The Morgan fingerprint density at radius 2 is 1.75 bits per heavy atom. The Kier molecular flexibility index (Phi) is 3.84. The summed E-state index contributed by atoms with van der Waals surface area (Å²) in [7, 11) is -2.61. The fourth-order valence-corrected chi connectivity index (χ4v) is 1.46. The van der Waals surface area contributed by atoms with Crippen molar-refractivity contribution in [2.45, 2.75) is 20.8 Å². The number of hydrogen-bond acceptors (Lipinski definition) is 4. The van der Waals surface area contributed by atoms with E-state index in [9.17, 15) is 0 Å². The third-order valence-electron chi connectivity index (χ3n) is 2.33. The second-order valence-corrected chi connectivity index (χ2v) is 3.99. The first-order chi connectivity index (χ1) is 7.41. The molecule has 0 saturated heterocycles. The normalized spacial score (nSPS) is 9.69. The number of hydrogen-bond donors (Lipinski definition) is 1. The predicted molar refractivity (Wildman–Crippen MR) is 62.1 cm³/mol. The molecular formula is C11H13NO3S. The van der Waals surface area contributed by atoms with Gasteiger partial charge in [-0.1, -0.05) is 11.6 Å². The Morgan fingerprint density at radius 3 is 2.31 bits per heavy atom. The number of nitrogens with one attached hydrogen (secondary N) is 1. The molecule has 0 fully saturated rings. The summed E-state index contributed by atoms with van der Waals surface area (Å²) in [6.07, 6.45) is 0. The third kappa shape index (κ3) is 2.93. The van der Waals surface area contributed by atoms with Crippen LogP contribution in [0.3, 0.4) is 0 Å². The molecule has 1 aromatic carbocycles. The minimum atomic E-state index is -2.61. The average molecular weight is 239 g/mol. The number of furan rings is 1. The Morgan fingerprint density at radius 1 is 1.19 bits per heavy atom. The maximum absolute atomic E-state index is 8.67. The fraction of sp³-hybridized carbons (Fsp3) is 0.273. The SMILES string of the molecule is Cc1ccc2oc(C)c(C)c2c1.N=S(=O)=O. The van der Waals surface area contributed by atoms with Crippen molar-refractivity contribution in [3.8, 4) is 0 Å². The van der Waals surface area contributed by atoms with E-state index in [0.717, 1.165) is 11.3 Å². The van der Waals surface area contributed by atoms with Gasteiger partial charge in [0.2, 0.25) is 0 Å². The van der Waals surface area contributed by atoms with Crippen LogP contribution < -0.4 is 0 Å². The number of benzene rings is 1. The molecule has 5 heteroatoms. The maximum atomic E-state index is 8.67. The Bertz CT molecular complexity index is 604. The number of fused-ring (bicyclic) bond motifs is 1. The van der Waals surface area contributed by atoms with E-state index in [-0.39, 0.29) is 0 Å². The summed E-state index contributed by atoms with van der Waals surface area (Å²) in [5.41, 5.74) is 3.54. The first-order valence-corrected chi connectivity index (χ1v) is 5.76. The lowest BCUT2D eigenvalue weighted by Crippen LogP contribution is -1.72. The Hall–Kier alpha value is -1.62. The van der Waals surface area contributed by atoms with Crippen molar-refractivity contribution in [1.29, 1.82) is 4.78 Å². The summed E-state index contributed by atoms with van der Waals surface area (Å²) in [6, 6.07) is 6.27. The average Bonchev–Trinajstić information content (AvgIpc) is 2.43. The molecule has 0 saturated carbocycles. The quantitative estimate of drug-likeness (QED) is 0.768. The van der Waals surface area contributed by atoms with E-state index in [0.29, 0.717) is 0 Å². The Balaban J connectivity index is 0.000000280. The molecule has 0 unspecified atom stereocenters. The van der Waals surface area contributed by atoms with Crippen molar-refractivity contribution in [3.05, 3.63) is 35.1 Å². The fourth-order valence-electron chi connectivity index (χ4n) is 1.46. The predicted octanol–water partition coefficient (Wildman–Crippen LogP) is 2.99. The molecule has 0 bridgehead atoms. The van der Waals surface area contributed by atoms with Gasteiger partial charge in [-0.05, 0) is 38.5 Å². The zero-order valence-electron chi connectivity index (χ0n) is 9.37. The van der Waals surface area contributed by atoms with Crippen LogP contribution in [0.2, 0.25) is 0 Å². The van der Waals surface area contributed by atoms with Crippen LogP contribution in [0.4, 0.5) is 0 Å². The van der Waals surface area contributed by atoms with Crippen molar-refractivity contribution in [1.82, 2.24) is 0 Å². The van der Waals surface area contributed by atoms with Crippen LogP contribution in [-0.4, -0.2) is 8.42 Å². The molecule has 2 rings (SSSR count). The first-order valence-electron chi connectivity index (χ1n) is 4.68. The zero-order chi connectivity index (χ0) is 12.3. The molecule has 1 aromatic heterocycles. The molecule has 0 aliphatic rings. The summed E-state index contributed by atoms with van der Waals surface area (Å²) in [4.78, 5) is 0. The van der Waals surface area contributed by atoms with E-state index in [1.807, 2.05) is 13.0 Å². The second-order valence-electron chi connectivity index (χ2n) is 3.52. The standard InChI is InChI=1S/C11H12O.HNO2S/c1-7-4-5-11-10(6-7)8(2)9(3)12-11;1-4(2)3/h4-6H,1-3H3;1H. The van der Waals surface area contributed by atoms with Crippen molar-refractivity contribution in [3.63, 3.8) is 0 Å². The van der Waals surface area contributed by atoms with Gasteiger partial charge in [0, 0.05) is 5.39 Å². The maximum Gasteiger partial charge on any atom is 0.308 e. The van der Waals surface area contributed by atoms with Gasteiger partial charge in [-0.3, -0.25) is 0 Å². The molecule has 1 N–H and O–H groups in total. The highest BCUT2D eigenvalue weighted by Gasteiger charge is 2.05. The van der Waals surface area contributed by atoms with Gasteiger partial charge in [0.1, 0.15) is 11.3 Å². The summed E-state index contributed by atoms with van der Waals surface area (Å²) in [5, 5.41) is 1.24. The van der Waals surface area contributed by atoms with E-state index >= 15 is 0 Å². The second kappa shape index (κ2) is 4.94. The lowest BCUT2D eigenvalue weighted by atomic mass is 10.1. The zero-order valence-corrected chi connectivity index (χ0v) is 10.2. The largest absolute Gasteiger partial charge is 0.461 e. The van der Waals surface area contributed by atoms with Crippen molar-refractivity contribution < 1.29 is 12.8 Å². The third-order valence-corrected chi connectivity index (χ3v) is 2.33. The number of aryl methyl sites for hydroxylation is 3. The van der Waals surface area contributed by atoms with Crippen molar-refractivity contribution in [2.24, 2.45) is 0 Å². The monoisotopic (exact) mass is 239 g/mol. The van der Waals surface area contributed by atoms with Gasteiger partial charge in [0.25, 0.3) is 0 Å². The summed E-state index contributed by atoms with van der Waals surface area (Å²) < 4.78 is 28.4. The van der Waals surface area contributed by atoms with E-state index < -0.39 is 10.5 Å². The minimum Gasteiger partial charge on any atom is -0.461 e. The molecule has 4 nitrogen and oxygen atoms in total. The summed E-state index contributed by atoms with van der Waals surface area (Å²) in [5.74, 6) is 1.02. The molecular weight excluding hydrogens is 226 g/mol. The molecule has 0 atom stereocenters. The lowest BCUT2D eigenvalue weighted by Gasteiger charge is -1.91. The van der Waals surface area contributed by atoms with E-state index in [1.165, 1.54) is 16.5 Å². The highest BCUT2D eigenvalue weighted by Crippen LogP contribution is 2.24. The van der Waals surface area contributed by atoms with Gasteiger partial charge >= 0.3 is 10.5 Å². The Labute approximate surface area is 95.4 Å². The van der Waals surface area contributed by atoms with Crippen LogP contribution in [0.1, 0.15) is 16.9 Å². The van der Waals surface area contributed by atoms with E-state index in [2.05, 4.69) is 26.0 Å². The summed E-state index contributed by atoms with van der Waals surface area (Å²) in [6.45, 7) is 6.20. The van der Waals surface area contributed by atoms with Gasteiger partial charge in [-0.15, -0.1) is 0 Å². The lowest BCUT2D eigenvalue weighted by molar-refractivity contribution is 0.575. The highest BCUT2D eigenvalue weighted by atomic mass is 32.2. The van der Waals surface area contributed by atoms with Crippen LogP contribution in [0, 0.1) is 25.6 Å². The molecule has 0 aliphatic carbocycles. The molecule has 86 valence electrons. The molecule has 0 aliphatic heterocycles. The molecule has 0 amide bonds. The molecule has 0 radical (unpaired) electrons. The minimum absolute atomic E-state index is 0.996. The van der Waals surface area contributed by atoms with Crippen LogP contribution >= 0.6 is 0 Å². The van der Waals surface area contributed by atoms with Gasteiger partial charge in [-0.2, -0.15) is 13.2 Å².